The lowest BCUT2D eigenvalue weighted by Crippen LogP contribution is -2.30. The number of methoxy groups -OCH3 is 1. The van der Waals surface area contributed by atoms with E-state index >= 15 is 0 Å². The molecule has 1 saturated heterocycles. The average Bonchev–Trinajstić information content (AvgIpc) is 2.81. The monoisotopic (exact) mass is 326 g/mol. The summed E-state index contributed by atoms with van der Waals surface area (Å²) in [6.45, 7) is 0. The van der Waals surface area contributed by atoms with E-state index in [0.717, 1.165) is 0 Å². The predicted molar refractivity (Wildman–Crippen MR) is 92.3 cm³/mol. The summed E-state index contributed by atoms with van der Waals surface area (Å²) in [5, 5.41) is 12.7. The Balaban J connectivity index is 1.93. The number of nitrogens with zero attached hydrogens (tertiary/aromatic N) is 1. The molecule has 6 heteroatoms. The van der Waals surface area contributed by atoms with Crippen molar-refractivity contribution in [1.82, 2.24) is 5.32 Å². The molecule has 1 amide bonds. The molecular weight excluding hydrogens is 312 g/mol. The van der Waals surface area contributed by atoms with Crippen LogP contribution in [0.4, 0.5) is 5.69 Å². The van der Waals surface area contributed by atoms with Gasteiger partial charge in [-0.25, -0.2) is 0 Å². The third kappa shape index (κ3) is 3.02. The van der Waals surface area contributed by atoms with Gasteiger partial charge in [-0.05, 0) is 48.1 Å². The topological polar surface area (TPSA) is 61.8 Å². The number of carbonyl (C=O) groups is 1. The molecule has 0 radical (unpaired) electrons. The van der Waals surface area contributed by atoms with Gasteiger partial charge >= 0.3 is 0 Å². The van der Waals surface area contributed by atoms with E-state index in [4.69, 9.17) is 17.0 Å². The van der Waals surface area contributed by atoms with Crippen molar-refractivity contribution in [3.63, 3.8) is 0 Å². The Morgan fingerprint density at radius 1 is 1.22 bits per heavy atom. The lowest BCUT2D eigenvalue weighted by Gasteiger charge is -2.14. The summed E-state index contributed by atoms with van der Waals surface area (Å²) in [6, 6.07) is 13.7. The van der Waals surface area contributed by atoms with Crippen LogP contribution in [0.2, 0.25) is 0 Å². The highest BCUT2D eigenvalue weighted by molar-refractivity contribution is 7.80. The zero-order valence-electron chi connectivity index (χ0n) is 12.3. The minimum Gasteiger partial charge on any atom is -0.508 e. The molecule has 2 N–H and O–H groups in total. The molecule has 0 spiro atoms. The van der Waals surface area contributed by atoms with E-state index in [1.165, 1.54) is 4.90 Å². The van der Waals surface area contributed by atoms with Crippen LogP contribution in [0.15, 0.2) is 54.2 Å². The molecule has 0 bridgehead atoms. The number of hydrogen-bond acceptors (Lipinski definition) is 4. The fraction of sp³-hybridized carbons (Fsp3) is 0.0588. The summed E-state index contributed by atoms with van der Waals surface area (Å²) in [4.78, 5) is 14.0. The molecule has 1 aliphatic heterocycles. The zero-order chi connectivity index (χ0) is 16.4. The number of benzene rings is 2. The Kier molecular flexibility index (Phi) is 3.99. The van der Waals surface area contributed by atoms with Crippen LogP contribution in [0, 0.1) is 0 Å². The van der Waals surface area contributed by atoms with Crippen LogP contribution in [0.25, 0.3) is 6.08 Å². The first kappa shape index (κ1) is 15.1. The van der Waals surface area contributed by atoms with Crippen molar-refractivity contribution < 1.29 is 14.6 Å². The first-order valence-corrected chi connectivity index (χ1v) is 7.29. The fourth-order valence-corrected chi connectivity index (χ4v) is 2.60. The molecule has 0 unspecified atom stereocenters. The van der Waals surface area contributed by atoms with E-state index in [1.54, 1.807) is 61.7 Å². The van der Waals surface area contributed by atoms with Gasteiger partial charge in [0.15, 0.2) is 5.11 Å². The van der Waals surface area contributed by atoms with Gasteiger partial charge in [-0.15, -0.1) is 0 Å². The first-order chi connectivity index (χ1) is 11.1. The van der Waals surface area contributed by atoms with Crippen LogP contribution in [0.3, 0.4) is 0 Å². The number of hydrogen-bond donors (Lipinski definition) is 2. The Bertz CT molecular complexity index is 817. The van der Waals surface area contributed by atoms with Crippen LogP contribution >= 0.6 is 12.2 Å². The van der Waals surface area contributed by atoms with Crippen molar-refractivity contribution >= 4 is 35.0 Å². The average molecular weight is 326 g/mol. The van der Waals surface area contributed by atoms with Gasteiger partial charge in [0.2, 0.25) is 0 Å². The largest absolute Gasteiger partial charge is 0.508 e. The number of anilines is 1. The molecule has 5 nitrogen and oxygen atoms in total. The summed E-state index contributed by atoms with van der Waals surface area (Å²) in [5.41, 5.74) is 1.69. The van der Waals surface area contributed by atoms with E-state index in [2.05, 4.69) is 5.32 Å². The summed E-state index contributed by atoms with van der Waals surface area (Å²) < 4.78 is 5.18. The molecule has 0 atom stereocenters. The first-order valence-electron chi connectivity index (χ1n) is 6.89. The Labute approximate surface area is 138 Å². The number of phenolic OH excluding ortho intramolecular Hbond substituents is 1. The van der Waals surface area contributed by atoms with E-state index in [-0.39, 0.29) is 11.7 Å². The number of ether oxygens (including phenoxy) is 1. The molecule has 116 valence electrons. The molecule has 1 aliphatic rings. The molecule has 1 fully saturated rings. The van der Waals surface area contributed by atoms with Crippen molar-refractivity contribution in [2.24, 2.45) is 0 Å². The highest BCUT2D eigenvalue weighted by atomic mass is 32.1. The predicted octanol–water partition coefficient (Wildman–Crippen LogP) is 2.66. The Morgan fingerprint density at radius 3 is 2.74 bits per heavy atom. The second kappa shape index (κ2) is 6.10. The summed E-state index contributed by atoms with van der Waals surface area (Å²) in [7, 11) is 1.56. The van der Waals surface area contributed by atoms with E-state index in [0.29, 0.717) is 27.8 Å². The second-order valence-corrected chi connectivity index (χ2v) is 5.31. The van der Waals surface area contributed by atoms with Crippen molar-refractivity contribution in [2.45, 2.75) is 0 Å². The quantitative estimate of drug-likeness (QED) is 0.671. The van der Waals surface area contributed by atoms with Gasteiger partial charge in [-0.1, -0.05) is 18.2 Å². The molecule has 0 aliphatic carbocycles. The molecule has 3 rings (SSSR count). The molecule has 0 aromatic heterocycles. The fourth-order valence-electron chi connectivity index (χ4n) is 2.30. The summed E-state index contributed by atoms with van der Waals surface area (Å²) >= 11 is 5.26. The van der Waals surface area contributed by atoms with Gasteiger partial charge in [0.05, 0.1) is 12.8 Å². The second-order valence-electron chi connectivity index (χ2n) is 4.93. The number of thiocarbonyl (C=S) groups is 1. The van der Waals surface area contributed by atoms with Gasteiger partial charge in [-0.2, -0.15) is 0 Å². The molecule has 2 aromatic rings. The highest BCUT2D eigenvalue weighted by Gasteiger charge is 2.32. The Morgan fingerprint density at radius 2 is 2.00 bits per heavy atom. The summed E-state index contributed by atoms with van der Waals surface area (Å²) in [5.74, 6) is 0.520. The van der Waals surface area contributed by atoms with Crippen LogP contribution in [-0.2, 0) is 4.79 Å². The number of phenols is 1. The van der Waals surface area contributed by atoms with E-state index in [9.17, 15) is 9.90 Å². The molecule has 1 heterocycles. The number of amides is 1. The lowest BCUT2D eigenvalue weighted by atomic mass is 10.2. The maximum absolute atomic E-state index is 12.6. The molecule has 2 aromatic carbocycles. The zero-order valence-corrected chi connectivity index (χ0v) is 13.1. The van der Waals surface area contributed by atoms with Crippen LogP contribution in [0.1, 0.15) is 5.56 Å². The maximum atomic E-state index is 12.6. The van der Waals surface area contributed by atoms with Gasteiger partial charge in [0.1, 0.15) is 17.2 Å². The lowest BCUT2D eigenvalue weighted by molar-refractivity contribution is -0.113. The van der Waals surface area contributed by atoms with Crippen molar-refractivity contribution in [1.29, 1.82) is 0 Å². The van der Waals surface area contributed by atoms with Gasteiger partial charge in [0, 0.05) is 6.07 Å². The van der Waals surface area contributed by atoms with Crippen LogP contribution in [0.5, 0.6) is 11.5 Å². The molecule has 23 heavy (non-hydrogen) atoms. The molecule has 0 saturated carbocycles. The van der Waals surface area contributed by atoms with Gasteiger partial charge < -0.3 is 15.2 Å². The number of aromatic hydroxyl groups is 1. The Hall–Kier alpha value is -2.86. The highest BCUT2D eigenvalue weighted by Crippen LogP contribution is 2.26. The van der Waals surface area contributed by atoms with Gasteiger partial charge in [-0.3, -0.25) is 9.69 Å². The number of rotatable bonds is 3. The standard InChI is InChI=1S/C17H14N2O3S/c1-22-14-7-3-5-12(10-14)19-16(21)15(18-17(19)23)9-11-4-2-6-13(20)8-11/h2-10,20H,1H3,(H,18,23)/b15-9+. The van der Waals surface area contributed by atoms with Crippen molar-refractivity contribution in [2.75, 3.05) is 12.0 Å². The van der Waals surface area contributed by atoms with Crippen LogP contribution in [-0.4, -0.2) is 23.2 Å². The van der Waals surface area contributed by atoms with Crippen molar-refractivity contribution in [3.8, 4) is 11.5 Å². The maximum Gasteiger partial charge on any atom is 0.281 e. The number of carbonyl (C=O) groups excluding carboxylic acids is 1. The minimum atomic E-state index is -0.258. The van der Waals surface area contributed by atoms with Crippen molar-refractivity contribution in [3.05, 3.63) is 59.8 Å². The van der Waals surface area contributed by atoms with E-state index < -0.39 is 0 Å². The number of nitrogens with one attached hydrogen (secondary N) is 1. The minimum absolute atomic E-state index is 0.136. The normalized spacial score (nSPS) is 15.9. The summed E-state index contributed by atoms with van der Waals surface area (Å²) in [6.07, 6.45) is 1.65. The molecular formula is C17H14N2O3S. The third-order valence-corrected chi connectivity index (χ3v) is 3.66. The van der Waals surface area contributed by atoms with E-state index in [1.807, 2.05) is 0 Å². The van der Waals surface area contributed by atoms with Crippen LogP contribution < -0.4 is 15.0 Å². The third-order valence-electron chi connectivity index (χ3n) is 3.37. The smallest absolute Gasteiger partial charge is 0.281 e. The van der Waals surface area contributed by atoms with Gasteiger partial charge in [0.25, 0.3) is 5.91 Å². The SMILES string of the molecule is COc1cccc(N2C(=O)/C(=C\c3cccc(O)c3)NC2=S)c1.